The third kappa shape index (κ3) is 4.92. The minimum atomic E-state index is 0.649. The summed E-state index contributed by atoms with van der Waals surface area (Å²) >= 11 is 1.73. The second kappa shape index (κ2) is 8.27. The van der Waals surface area contributed by atoms with Gasteiger partial charge < -0.3 is 10.2 Å². The van der Waals surface area contributed by atoms with Gasteiger partial charge in [-0.2, -0.15) is 0 Å². The minimum Gasteiger partial charge on any atom is -0.309 e. The maximum Gasteiger partial charge on any atom is 0.107 e. The highest BCUT2D eigenvalue weighted by molar-refractivity contribution is 7.09. The Morgan fingerprint density at radius 1 is 1.29 bits per heavy atom. The zero-order valence-electron chi connectivity index (χ0n) is 13.2. The normalized spacial score (nSPS) is 12.8. The van der Waals surface area contributed by atoms with Crippen molar-refractivity contribution in [3.05, 3.63) is 40.7 Å². The second-order valence-electron chi connectivity index (χ2n) is 5.41. The molecular weight excluding hydrogens is 278 g/mol. The first kappa shape index (κ1) is 16.1. The number of benzene rings is 1. The predicted molar refractivity (Wildman–Crippen MR) is 91.6 cm³/mol. The summed E-state index contributed by atoms with van der Waals surface area (Å²) in [7, 11) is 2.19. The van der Waals surface area contributed by atoms with Crippen molar-refractivity contribution >= 4 is 11.3 Å². The molecule has 0 amide bonds. The first-order valence-electron chi connectivity index (χ1n) is 7.61. The highest BCUT2D eigenvalue weighted by atomic mass is 32.1. The molecule has 0 spiro atoms. The zero-order chi connectivity index (χ0) is 15.1. The first-order valence-corrected chi connectivity index (χ1v) is 8.49. The summed E-state index contributed by atoms with van der Waals surface area (Å²) in [5.41, 5.74) is 2.27. The van der Waals surface area contributed by atoms with Gasteiger partial charge in [0.2, 0.25) is 0 Å². The van der Waals surface area contributed by atoms with Crippen molar-refractivity contribution in [1.29, 1.82) is 0 Å². The lowest BCUT2D eigenvalue weighted by molar-refractivity contribution is 0.251. The van der Waals surface area contributed by atoms with Crippen molar-refractivity contribution in [3.8, 4) is 11.3 Å². The number of nitrogens with zero attached hydrogens (tertiary/aromatic N) is 2. The van der Waals surface area contributed by atoms with Crippen LogP contribution in [0.3, 0.4) is 0 Å². The smallest absolute Gasteiger partial charge is 0.107 e. The Morgan fingerprint density at radius 3 is 2.76 bits per heavy atom. The molecule has 0 saturated heterocycles. The molecule has 1 N–H and O–H groups in total. The van der Waals surface area contributed by atoms with Gasteiger partial charge in [0.15, 0.2) is 0 Å². The summed E-state index contributed by atoms with van der Waals surface area (Å²) in [6.45, 7) is 7.43. The third-order valence-corrected chi connectivity index (χ3v) is 4.73. The molecule has 2 aromatic rings. The fourth-order valence-corrected chi connectivity index (χ4v) is 2.89. The van der Waals surface area contributed by atoms with E-state index >= 15 is 0 Å². The molecule has 0 fully saturated rings. The van der Waals surface area contributed by atoms with Gasteiger partial charge in [-0.05, 0) is 20.4 Å². The molecule has 21 heavy (non-hydrogen) atoms. The molecule has 0 aliphatic heterocycles. The Balaban J connectivity index is 1.76. The van der Waals surface area contributed by atoms with Gasteiger partial charge in [0.25, 0.3) is 0 Å². The van der Waals surface area contributed by atoms with Gasteiger partial charge >= 0.3 is 0 Å². The van der Waals surface area contributed by atoms with E-state index in [2.05, 4.69) is 60.8 Å². The maximum absolute atomic E-state index is 4.69. The highest BCUT2D eigenvalue weighted by Gasteiger charge is 2.06. The Kier molecular flexibility index (Phi) is 6.36. The molecule has 4 heteroatoms. The number of likely N-dealkylation sites (N-methyl/N-ethyl adjacent to an activating group) is 1. The summed E-state index contributed by atoms with van der Waals surface area (Å²) in [6, 6.07) is 11.0. The molecule has 0 bridgehead atoms. The van der Waals surface area contributed by atoms with Crippen LogP contribution in [0, 0.1) is 0 Å². The van der Waals surface area contributed by atoms with Crippen LogP contribution in [0.25, 0.3) is 11.3 Å². The lowest BCUT2D eigenvalue weighted by Gasteiger charge is -2.23. The number of rotatable bonds is 8. The van der Waals surface area contributed by atoms with Crippen molar-refractivity contribution in [1.82, 2.24) is 15.2 Å². The molecule has 3 nitrogen and oxygen atoms in total. The molecule has 0 aliphatic carbocycles. The van der Waals surface area contributed by atoms with E-state index in [4.69, 9.17) is 4.98 Å². The fraction of sp³-hybridized carbons (Fsp3) is 0.471. The average Bonchev–Trinajstić information content (AvgIpc) is 3.00. The van der Waals surface area contributed by atoms with E-state index in [1.54, 1.807) is 11.3 Å². The van der Waals surface area contributed by atoms with Crippen LogP contribution in [-0.4, -0.2) is 36.1 Å². The molecule has 1 unspecified atom stereocenters. The fourth-order valence-electron chi connectivity index (χ4n) is 2.12. The van der Waals surface area contributed by atoms with Crippen LogP contribution in [0.1, 0.15) is 25.3 Å². The molecule has 0 aliphatic rings. The van der Waals surface area contributed by atoms with Gasteiger partial charge in [0, 0.05) is 36.6 Å². The van der Waals surface area contributed by atoms with Gasteiger partial charge in [0.05, 0.1) is 5.69 Å². The van der Waals surface area contributed by atoms with Gasteiger partial charge in [-0.1, -0.05) is 37.3 Å². The monoisotopic (exact) mass is 303 g/mol. The molecule has 1 heterocycles. The molecular formula is C17H25N3S. The number of thiazole rings is 1. The lowest BCUT2D eigenvalue weighted by Crippen LogP contribution is -2.34. The summed E-state index contributed by atoms with van der Waals surface area (Å²) < 4.78 is 0. The largest absolute Gasteiger partial charge is 0.309 e. The van der Waals surface area contributed by atoms with E-state index in [1.807, 2.05) is 6.07 Å². The van der Waals surface area contributed by atoms with Crippen LogP contribution in [0.4, 0.5) is 0 Å². The van der Waals surface area contributed by atoms with Crippen molar-refractivity contribution in [2.45, 2.75) is 32.9 Å². The van der Waals surface area contributed by atoms with Crippen LogP contribution in [0.2, 0.25) is 0 Å². The Bertz CT molecular complexity index is 524. The van der Waals surface area contributed by atoms with Crippen LogP contribution < -0.4 is 5.32 Å². The number of hydrogen-bond donors (Lipinski definition) is 1. The molecule has 2 rings (SSSR count). The van der Waals surface area contributed by atoms with Crippen LogP contribution in [-0.2, 0) is 6.54 Å². The molecule has 1 aromatic heterocycles. The SMILES string of the molecule is CCC(C)N(C)CCNCc1nc(-c2ccccc2)cs1. The van der Waals surface area contributed by atoms with Gasteiger partial charge in [-0.3, -0.25) is 0 Å². The highest BCUT2D eigenvalue weighted by Crippen LogP contribution is 2.21. The summed E-state index contributed by atoms with van der Waals surface area (Å²) in [5, 5.41) is 6.77. The Labute approximate surface area is 132 Å². The van der Waals surface area contributed by atoms with E-state index in [-0.39, 0.29) is 0 Å². The standard InChI is InChI=1S/C17H25N3S/c1-4-14(2)20(3)11-10-18-12-17-19-16(13-21-17)15-8-6-5-7-9-15/h5-9,13-14,18H,4,10-12H2,1-3H3. The third-order valence-electron chi connectivity index (χ3n) is 3.88. The first-order chi connectivity index (χ1) is 10.2. The van der Waals surface area contributed by atoms with Gasteiger partial charge in [-0.25, -0.2) is 4.98 Å². The molecule has 0 radical (unpaired) electrons. The molecule has 1 aromatic carbocycles. The van der Waals surface area contributed by atoms with E-state index in [9.17, 15) is 0 Å². The zero-order valence-corrected chi connectivity index (χ0v) is 14.0. The summed E-state index contributed by atoms with van der Waals surface area (Å²) in [4.78, 5) is 7.08. The van der Waals surface area contributed by atoms with E-state index in [0.717, 1.165) is 30.3 Å². The molecule has 1 atom stereocenters. The predicted octanol–water partition coefficient (Wildman–Crippen LogP) is 3.63. The van der Waals surface area contributed by atoms with E-state index < -0.39 is 0 Å². The second-order valence-corrected chi connectivity index (χ2v) is 6.35. The molecule has 114 valence electrons. The minimum absolute atomic E-state index is 0.649. The van der Waals surface area contributed by atoms with E-state index in [1.165, 1.54) is 12.0 Å². The van der Waals surface area contributed by atoms with Crippen molar-refractivity contribution < 1.29 is 0 Å². The number of nitrogens with one attached hydrogen (secondary N) is 1. The average molecular weight is 303 g/mol. The Hall–Kier alpha value is -1.23. The summed E-state index contributed by atoms with van der Waals surface area (Å²) in [6.07, 6.45) is 1.20. The quantitative estimate of drug-likeness (QED) is 0.755. The van der Waals surface area contributed by atoms with Crippen molar-refractivity contribution in [2.24, 2.45) is 0 Å². The van der Waals surface area contributed by atoms with Crippen molar-refractivity contribution in [2.75, 3.05) is 20.1 Å². The van der Waals surface area contributed by atoms with Crippen LogP contribution >= 0.6 is 11.3 Å². The topological polar surface area (TPSA) is 28.2 Å². The Morgan fingerprint density at radius 2 is 2.05 bits per heavy atom. The van der Waals surface area contributed by atoms with Gasteiger partial charge in [-0.15, -0.1) is 11.3 Å². The van der Waals surface area contributed by atoms with Crippen LogP contribution in [0.5, 0.6) is 0 Å². The molecule has 0 saturated carbocycles. The number of hydrogen-bond acceptors (Lipinski definition) is 4. The lowest BCUT2D eigenvalue weighted by atomic mass is 10.2. The van der Waals surface area contributed by atoms with Crippen molar-refractivity contribution in [3.63, 3.8) is 0 Å². The maximum atomic E-state index is 4.69. The van der Waals surface area contributed by atoms with Crippen LogP contribution in [0.15, 0.2) is 35.7 Å². The van der Waals surface area contributed by atoms with Gasteiger partial charge in [0.1, 0.15) is 5.01 Å². The number of aromatic nitrogens is 1. The summed E-state index contributed by atoms with van der Waals surface area (Å²) in [5.74, 6) is 0. The van der Waals surface area contributed by atoms with E-state index in [0.29, 0.717) is 6.04 Å².